The third-order valence-corrected chi connectivity index (χ3v) is 27.4. The predicted octanol–water partition coefficient (Wildman–Crippen LogP) is 14.3. The molecule has 4 aromatic carbocycles. The SMILES string of the molecule is CC(C)(O)CNc1ncnc(CC2CCC(Oc3cc(N4CCOCC4)cc4nccnc34)CC2)c1F.COCCNc1ncnc(CC2CCC(Oc3cc(N4CCOCC4)cc4nccnc34)CC2)c1F.COc1ncnc(CC2CCC(Oc3cc(N4CCOCC4)cc4nccnc34)CC2)c1F.C[C@H](CO)Nc1ncnc(CC2CCC(Oc3cc(N4CCOCC4)cc4nccnc34)CC2)c1F. The van der Waals surface area contributed by atoms with E-state index in [0.29, 0.717) is 112 Å². The van der Waals surface area contributed by atoms with Crippen molar-refractivity contribution in [3.05, 3.63) is 169 Å². The molecule has 0 unspecified atom stereocenters. The molecule has 5 N–H and O–H groups in total. The number of anilines is 7. The number of aliphatic hydroxyl groups excluding tert-OH is 1. The lowest BCUT2D eigenvalue weighted by Crippen LogP contribution is -2.36. The van der Waals surface area contributed by atoms with Gasteiger partial charge in [0, 0.05) is 175 Å². The minimum Gasteiger partial charge on any atom is -0.488 e. The number of rotatable bonds is 31. The fraction of sp³-hybridized carbons (Fsp3) is 0.534. The van der Waals surface area contributed by atoms with Crippen LogP contribution in [-0.4, -0.2) is 272 Å². The summed E-state index contributed by atoms with van der Waals surface area (Å²) in [7, 11) is 3.03. The zero-order valence-electron chi connectivity index (χ0n) is 81.5. The first-order valence-corrected chi connectivity index (χ1v) is 49.9. The number of halogens is 4. The Hall–Kier alpha value is -12.4. The molecule has 756 valence electrons. The van der Waals surface area contributed by atoms with Crippen molar-refractivity contribution in [3.63, 3.8) is 0 Å². The van der Waals surface area contributed by atoms with Gasteiger partial charge in [-0.1, -0.05) is 0 Å². The molecular formula is C103H129F4N23O12. The third kappa shape index (κ3) is 27.1. The van der Waals surface area contributed by atoms with Gasteiger partial charge in [-0.05, 0) is 197 Å². The van der Waals surface area contributed by atoms with Crippen LogP contribution < -0.4 is 59.2 Å². The van der Waals surface area contributed by atoms with Crippen LogP contribution in [0.4, 0.5) is 57.8 Å². The van der Waals surface area contributed by atoms with Crippen LogP contribution in [0, 0.1) is 46.9 Å². The minimum atomic E-state index is -0.964. The first-order chi connectivity index (χ1) is 69.4. The lowest BCUT2D eigenvalue weighted by Gasteiger charge is -2.31. The van der Waals surface area contributed by atoms with Gasteiger partial charge < -0.3 is 93.1 Å². The van der Waals surface area contributed by atoms with Crippen LogP contribution in [0.25, 0.3) is 44.1 Å². The average molecular weight is 1960 g/mol. The van der Waals surface area contributed by atoms with E-state index in [1.165, 1.54) is 32.4 Å². The van der Waals surface area contributed by atoms with E-state index in [2.05, 4.69) is 164 Å². The first-order valence-electron chi connectivity index (χ1n) is 49.9. The summed E-state index contributed by atoms with van der Waals surface area (Å²) in [6.45, 7) is 18.6. The molecule has 35 nitrogen and oxygen atoms in total. The molecule has 12 aromatic rings. The summed E-state index contributed by atoms with van der Waals surface area (Å²) in [5.74, 6) is 3.29. The molecule has 0 bridgehead atoms. The summed E-state index contributed by atoms with van der Waals surface area (Å²) >= 11 is 0. The maximum atomic E-state index is 15.0. The molecule has 39 heteroatoms. The summed E-state index contributed by atoms with van der Waals surface area (Å²) in [6, 6.07) is 16.3. The van der Waals surface area contributed by atoms with Crippen LogP contribution in [0.1, 0.15) is 146 Å². The maximum absolute atomic E-state index is 15.0. The van der Waals surface area contributed by atoms with Gasteiger partial charge in [0.25, 0.3) is 5.88 Å². The van der Waals surface area contributed by atoms with E-state index in [0.717, 1.165) is 271 Å². The highest BCUT2D eigenvalue weighted by Crippen LogP contribution is 2.42. The zero-order valence-corrected chi connectivity index (χ0v) is 81.5. The number of aromatic nitrogens is 16. The number of nitrogens with one attached hydrogen (secondary N) is 3. The van der Waals surface area contributed by atoms with Gasteiger partial charge in [-0.3, -0.25) is 19.9 Å². The van der Waals surface area contributed by atoms with Gasteiger partial charge in [-0.25, -0.2) is 68.0 Å². The van der Waals surface area contributed by atoms with Crippen LogP contribution in [0.15, 0.2) is 123 Å². The summed E-state index contributed by atoms with van der Waals surface area (Å²) in [6.07, 6.45) is 36.4. The number of methoxy groups -OCH3 is 2. The Balaban J connectivity index is 0.000000130. The van der Waals surface area contributed by atoms with Crippen LogP contribution >= 0.6 is 0 Å². The molecule has 20 rings (SSSR count). The van der Waals surface area contributed by atoms with E-state index in [1.807, 2.05) is 0 Å². The maximum Gasteiger partial charge on any atom is 0.253 e. The second kappa shape index (κ2) is 49.5. The monoisotopic (exact) mass is 1960 g/mol. The Kier molecular flexibility index (Phi) is 35.3. The van der Waals surface area contributed by atoms with Crippen LogP contribution in [0.2, 0.25) is 0 Å². The standard InChI is InChI=1S/C27H35FN6O3.2C26H33FN6O3.C24H28FN5O3/c1-27(2,35)16-31-26-24(28)21(32-17-33-26)13-18-3-5-20(6-4-18)37-23-15-19(34-9-11-36-12-10-34)14-22-25(23)30-8-7-29-22;1-34-11-8-30-26-24(27)21(31-17-32-26)14-18-2-4-20(5-3-18)36-23-16-19(33-9-12-35-13-10-33)15-22-25(23)29-7-6-28-22;1-17(15-34)32-26-24(27)21(30-16-31-26)12-18-2-4-20(5-3-18)36-23-14-19(33-8-10-35-11-9-33)13-22-25(23)29-7-6-28-22;1-31-24-22(25)19(28-15-29-24)12-16-2-4-18(5-3-16)33-21-14-17(30-8-10-32-11-9-30)13-20-23(21)27-7-6-26-20/h7-8,14-15,17-18,20,35H,3-6,9-13,16H2,1-2H3,(H,31,32,33);6-7,15-18,20H,2-5,8-14H2,1H3,(H,30,31,32);6-7,13-14,16-18,20,34H,2-5,8-12,15H2,1H3,(H,30,31,32);6-7,13-16,18H,2-5,8-12H2,1H3/t;;17-,18?,20?;/m..1./s1. The van der Waals surface area contributed by atoms with Gasteiger partial charge in [0.15, 0.2) is 34.9 Å². The van der Waals surface area contributed by atoms with Crippen molar-refractivity contribution in [2.75, 3.05) is 181 Å². The molecule has 0 radical (unpaired) electrons. The van der Waals surface area contributed by atoms with Crippen molar-refractivity contribution in [2.24, 2.45) is 23.7 Å². The Morgan fingerprint density at radius 3 is 0.944 bits per heavy atom. The lowest BCUT2D eigenvalue weighted by atomic mass is 9.84. The molecule has 12 heterocycles. The second-order valence-electron chi connectivity index (χ2n) is 38.1. The molecule has 4 aliphatic heterocycles. The van der Waals surface area contributed by atoms with Crippen LogP contribution in [0.3, 0.4) is 0 Å². The summed E-state index contributed by atoms with van der Waals surface area (Å²) in [5.41, 5.74) is 11.5. The summed E-state index contributed by atoms with van der Waals surface area (Å²) in [4.78, 5) is 78.0. The van der Waals surface area contributed by atoms with Gasteiger partial charge in [0.2, 0.25) is 5.82 Å². The number of hydrogen-bond acceptors (Lipinski definition) is 35. The van der Waals surface area contributed by atoms with Crippen molar-refractivity contribution < 1.29 is 75.1 Å². The molecule has 4 aliphatic carbocycles. The third-order valence-electron chi connectivity index (χ3n) is 27.4. The van der Waals surface area contributed by atoms with E-state index in [4.69, 9.17) is 47.4 Å². The Labute approximate surface area is 823 Å². The summed E-state index contributed by atoms with van der Waals surface area (Å²) in [5, 5.41) is 27.9. The van der Waals surface area contributed by atoms with Crippen molar-refractivity contribution in [1.29, 1.82) is 0 Å². The topological polar surface area (TPSA) is 388 Å². The molecule has 1 atom stereocenters. The quantitative estimate of drug-likeness (QED) is 0.0199. The highest BCUT2D eigenvalue weighted by atomic mass is 19.1. The van der Waals surface area contributed by atoms with Crippen LogP contribution in [0.5, 0.6) is 28.9 Å². The van der Waals surface area contributed by atoms with Crippen molar-refractivity contribution in [3.8, 4) is 28.9 Å². The zero-order chi connectivity index (χ0) is 98.1. The number of aliphatic hydroxyl groups is 2. The lowest BCUT2D eigenvalue weighted by molar-refractivity contribution is 0.0943. The van der Waals surface area contributed by atoms with Crippen molar-refractivity contribution >= 4 is 84.3 Å². The Bertz CT molecular complexity index is 6080. The van der Waals surface area contributed by atoms with Crippen molar-refractivity contribution in [1.82, 2.24) is 79.7 Å². The summed E-state index contributed by atoms with van der Waals surface area (Å²) < 4.78 is 117. The van der Waals surface area contributed by atoms with E-state index in [1.54, 1.807) is 77.5 Å². The van der Waals surface area contributed by atoms with E-state index < -0.39 is 23.1 Å². The van der Waals surface area contributed by atoms with Gasteiger partial charge in [-0.2, -0.15) is 9.37 Å². The fourth-order valence-corrected chi connectivity index (χ4v) is 19.6. The number of hydrogen-bond donors (Lipinski definition) is 5. The predicted molar refractivity (Wildman–Crippen MR) is 530 cm³/mol. The fourth-order valence-electron chi connectivity index (χ4n) is 19.6. The minimum absolute atomic E-state index is 0.00477. The Morgan fingerprint density at radius 2 is 0.648 bits per heavy atom. The number of ether oxygens (including phenoxy) is 10. The molecule has 8 aromatic heterocycles. The van der Waals surface area contributed by atoms with E-state index in [9.17, 15) is 27.8 Å². The van der Waals surface area contributed by atoms with Crippen LogP contribution in [-0.2, 0) is 49.4 Å². The van der Waals surface area contributed by atoms with Crippen molar-refractivity contribution in [2.45, 2.75) is 185 Å². The molecule has 8 aliphatic rings. The number of fused-ring (bicyclic) bond motifs is 4. The normalized spacial score (nSPS) is 20.9. The molecule has 0 amide bonds. The van der Waals surface area contributed by atoms with E-state index in [-0.39, 0.29) is 72.8 Å². The number of benzene rings is 4. The largest absolute Gasteiger partial charge is 0.488 e. The van der Waals surface area contributed by atoms with Gasteiger partial charge in [0.1, 0.15) is 70.4 Å². The molecule has 4 saturated heterocycles. The molecular weight excluding hydrogens is 1830 g/mol. The highest BCUT2D eigenvalue weighted by Gasteiger charge is 2.34. The molecule has 0 spiro atoms. The second-order valence-corrected chi connectivity index (χ2v) is 38.1. The van der Waals surface area contributed by atoms with Gasteiger partial charge in [-0.15, -0.1) is 0 Å². The number of morpholine rings is 4. The Morgan fingerprint density at radius 1 is 0.366 bits per heavy atom. The average Bonchev–Trinajstić information content (AvgIpc) is 0.800. The molecule has 8 fully saturated rings. The van der Waals surface area contributed by atoms with Gasteiger partial charge >= 0.3 is 0 Å². The molecule has 4 saturated carbocycles. The molecule has 142 heavy (non-hydrogen) atoms. The van der Waals surface area contributed by atoms with E-state index >= 15 is 0 Å². The number of nitrogens with zero attached hydrogens (tertiary/aromatic N) is 20. The first kappa shape index (κ1) is 101. The van der Waals surface area contributed by atoms with Gasteiger partial charge in [0.05, 0.1) is 148 Å². The smallest absolute Gasteiger partial charge is 0.253 e. The highest BCUT2D eigenvalue weighted by molar-refractivity contribution is 5.88.